The molecule has 2 aliphatic heterocycles. The van der Waals surface area contributed by atoms with E-state index in [1.807, 2.05) is 11.1 Å². The van der Waals surface area contributed by atoms with Crippen molar-refractivity contribution in [3.8, 4) is 0 Å². The molecule has 4 rings (SSSR count). The standard InChI is InChI=1S/C18H26N4O/c23-18(13-4-2-1-3-5-13)22-9-7-16-15(12-22)11-20-17(21-16)14-6-8-19-10-14/h11,13-14,19H,1-10,12H2/t14-/m0/s1. The van der Waals surface area contributed by atoms with Crippen molar-refractivity contribution in [2.24, 2.45) is 5.92 Å². The number of nitrogens with zero attached hydrogens (tertiary/aromatic N) is 3. The Kier molecular flexibility index (Phi) is 4.29. The molecule has 5 nitrogen and oxygen atoms in total. The van der Waals surface area contributed by atoms with Gasteiger partial charge in [-0.1, -0.05) is 19.3 Å². The number of hydrogen-bond acceptors (Lipinski definition) is 4. The number of carbonyl (C=O) groups excluding carboxylic acids is 1. The summed E-state index contributed by atoms with van der Waals surface area (Å²) in [6.07, 6.45) is 9.84. The van der Waals surface area contributed by atoms with Gasteiger partial charge < -0.3 is 10.2 Å². The minimum atomic E-state index is 0.259. The van der Waals surface area contributed by atoms with E-state index in [-0.39, 0.29) is 5.92 Å². The summed E-state index contributed by atoms with van der Waals surface area (Å²) in [4.78, 5) is 24.2. The summed E-state index contributed by atoms with van der Waals surface area (Å²) in [6.45, 7) is 3.58. The molecule has 23 heavy (non-hydrogen) atoms. The van der Waals surface area contributed by atoms with Crippen LogP contribution >= 0.6 is 0 Å². The first-order valence-corrected chi connectivity index (χ1v) is 9.15. The molecule has 0 bridgehead atoms. The van der Waals surface area contributed by atoms with Crippen LogP contribution in [-0.2, 0) is 17.8 Å². The molecule has 1 saturated heterocycles. The van der Waals surface area contributed by atoms with Gasteiger partial charge in [0.25, 0.3) is 0 Å². The zero-order chi connectivity index (χ0) is 15.6. The first kappa shape index (κ1) is 15.1. The van der Waals surface area contributed by atoms with Gasteiger partial charge in [0.1, 0.15) is 5.82 Å². The molecule has 2 fully saturated rings. The molecule has 124 valence electrons. The predicted molar refractivity (Wildman–Crippen MR) is 88.0 cm³/mol. The molecular weight excluding hydrogens is 288 g/mol. The van der Waals surface area contributed by atoms with E-state index in [9.17, 15) is 4.79 Å². The molecular formula is C18H26N4O. The molecule has 1 saturated carbocycles. The second-order valence-electron chi connectivity index (χ2n) is 7.23. The number of amides is 1. The molecule has 0 spiro atoms. The van der Waals surface area contributed by atoms with Crippen molar-refractivity contribution in [2.45, 2.75) is 57.4 Å². The van der Waals surface area contributed by atoms with E-state index >= 15 is 0 Å². The average molecular weight is 314 g/mol. The van der Waals surface area contributed by atoms with Gasteiger partial charge in [-0.3, -0.25) is 4.79 Å². The van der Waals surface area contributed by atoms with Gasteiger partial charge in [-0.15, -0.1) is 0 Å². The Morgan fingerprint density at radius 2 is 2.09 bits per heavy atom. The Bertz CT molecular complexity index is 576. The predicted octanol–water partition coefficient (Wildman–Crippen LogP) is 2.02. The average Bonchev–Trinajstić information content (AvgIpc) is 3.15. The van der Waals surface area contributed by atoms with Crippen LogP contribution in [0.4, 0.5) is 0 Å². The van der Waals surface area contributed by atoms with Gasteiger partial charge in [-0.25, -0.2) is 9.97 Å². The Hall–Kier alpha value is -1.49. The van der Waals surface area contributed by atoms with Gasteiger partial charge in [0.2, 0.25) is 5.91 Å². The second kappa shape index (κ2) is 6.56. The summed E-state index contributed by atoms with van der Waals surface area (Å²) in [7, 11) is 0. The quantitative estimate of drug-likeness (QED) is 0.907. The Morgan fingerprint density at radius 3 is 2.87 bits per heavy atom. The summed E-state index contributed by atoms with van der Waals surface area (Å²) in [6, 6.07) is 0. The molecule has 0 aromatic carbocycles. The molecule has 3 aliphatic rings. The SMILES string of the molecule is O=C(C1CCCCC1)N1CCc2nc([C@H]3CCNC3)ncc2C1. The van der Waals surface area contributed by atoms with E-state index in [1.165, 1.54) is 19.3 Å². The fourth-order valence-corrected chi connectivity index (χ4v) is 4.20. The van der Waals surface area contributed by atoms with Crippen molar-refractivity contribution in [2.75, 3.05) is 19.6 Å². The third kappa shape index (κ3) is 3.11. The maximum absolute atomic E-state index is 12.7. The Labute approximate surface area is 137 Å². The summed E-state index contributed by atoms with van der Waals surface area (Å²) >= 11 is 0. The molecule has 1 atom stereocenters. The number of fused-ring (bicyclic) bond motifs is 1. The minimum absolute atomic E-state index is 0.259. The van der Waals surface area contributed by atoms with Crippen molar-refractivity contribution in [3.63, 3.8) is 0 Å². The number of rotatable bonds is 2. The molecule has 5 heteroatoms. The second-order valence-corrected chi connectivity index (χ2v) is 7.23. The zero-order valence-electron chi connectivity index (χ0n) is 13.8. The summed E-state index contributed by atoms with van der Waals surface area (Å²) in [5.41, 5.74) is 2.31. The third-order valence-electron chi connectivity index (χ3n) is 5.64. The summed E-state index contributed by atoms with van der Waals surface area (Å²) < 4.78 is 0. The van der Waals surface area contributed by atoms with E-state index < -0.39 is 0 Å². The van der Waals surface area contributed by atoms with Crippen molar-refractivity contribution in [1.29, 1.82) is 0 Å². The van der Waals surface area contributed by atoms with E-state index in [2.05, 4.69) is 10.3 Å². The first-order chi connectivity index (χ1) is 11.3. The molecule has 1 aromatic heterocycles. The Morgan fingerprint density at radius 1 is 1.22 bits per heavy atom. The van der Waals surface area contributed by atoms with Crippen LogP contribution in [0.1, 0.15) is 61.5 Å². The molecule has 0 radical (unpaired) electrons. The number of nitrogens with one attached hydrogen (secondary N) is 1. The van der Waals surface area contributed by atoms with Crippen LogP contribution in [0.5, 0.6) is 0 Å². The van der Waals surface area contributed by atoms with E-state index in [1.54, 1.807) is 0 Å². The van der Waals surface area contributed by atoms with Crippen LogP contribution in [0.2, 0.25) is 0 Å². The highest BCUT2D eigenvalue weighted by molar-refractivity contribution is 5.79. The molecule has 1 aromatic rings. The third-order valence-corrected chi connectivity index (χ3v) is 5.64. The monoisotopic (exact) mass is 314 g/mol. The van der Waals surface area contributed by atoms with Gasteiger partial charge in [0, 0.05) is 49.7 Å². The van der Waals surface area contributed by atoms with Gasteiger partial charge in [0.05, 0.1) is 5.69 Å². The van der Waals surface area contributed by atoms with Crippen LogP contribution in [0, 0.1) is 5.92 Å². The fourth-order valence-electron chi connectivity index (χ4n) is 4.20. The van der Waals surface area contributed by atoms with Gasteiger partial charge in [0.15, 0.2) is 0 Å². The fraction of sp³-hybridized carbons (Fsp3) is 0.722. The normalized spacial score (nSPS) is 25.4. The minimum Gasteiger partial charge on any atom is -0.338 e. The van der Waals surface area contributed by atoms with E-state index in [0.717, 1.165) is 62.4 Å². The van der Waals surface area contributed by atoms with E-state index in [4.69, 9.17) is 4.98 Å². The molecule has 3 heterocycles. The zero-order valence-corrected chi connectivity index (χ0v) is 13.8. The van der Waals surface area contributed by atoms with E-state index in [0.29, 0.717) is 18.4 Å². The number of carbonyl (C=O) groups is 1. The molecule has 1 N–H and O–H groups in total. The van der Waals surface area contributed by atoms with Gasteiger partial charge in [-0.05, 0) is 25.8 Å². The maximum atomic E-state index is 12.7. The first-order valence-electron chi connectivity index (χ1n) is 9.15. The molecule has 1 aliphatic carbocycles. The van der Waals surface area contributed by atoms with Crippen molar-refractivity contribution in [1.82, 2.24) is 20.2 Å². The lowest BCUT2D eigenvalue weighted by atomic mass is 9.88. The highest BCUT2D eigenvalue weighted by Gasteiger charge is 2.29. The lowest BCUT2D eigenvalue weighted by molar-refractivity contribution is -0.137. The maximum Gasteiger partial charge on any atom is 0.225 e. The van der Waals surface area contributed by atoms with Crippen LogP contribution in [-0.4, -0.2) is 40.4 Å². The summed E-state index contributed by atoms with van der Waals surface area (Å²) in [5.74, 6) is 2.07. The highest BCUT2D eigenvalue weighted by Crippen LogP contribution is 2.28. The van der Waals surface area contributed by atoms with Crippen molar-refractivity contribution >= 4 is 5.91 Å². The lowest BCUT2D eigenvalue weighted by Crippen LogP contribution is -2.40. The topological polar surface area (TPSA) is 58.1 Å². The van der Waals surface area contributed by atoms with Crippen LogP contribution in [0.25, 0.3) is 0 Å². The Balaban J connectivity index is 1.45. The number of hydrogen-bond donors (Lipinski definition) is 1. The lowest BCUT2D eigenvalue weighted by Gasteiger charge is -2.32. The molecule has 0 unspecified atom stereocenters. The van der Waals surface area contributed by atoms with Crippen molar-refractivity contribution in [3.05, 3.63) is 23.3 Å². The van der Waals surface area contributed by atoms with Gasteiger partial charge >= 0.3 is 0 Å². The largest absolute Gasteiger partial charge is 0.338 e. The van der Waals surface area contributed by atoms with Crippen LogP contribution in [0.15, 0.2) is 6.20 Å². The smallest absolute Gasteiger partial charge is 0.225 e. The van der Waals surface area contributed by atoms with Crippen LogP contribution in [0.3, 0.4) is 0 Å². The number of aromatic nitrogens is 2. The highest BCUT2D eigenvalue weighted by atomic mass is 16.2. The van der Waals surface area contributed by atoms with Crippen molar-refractivity contribution < 1.29 is 4.79 Å². The van der Waals surface area contributed by atoms with Gasteiger partial charge in [-0.2, -0.15) is 0 Å². The summed E-state index contributed by atoms with van der Waals surface area (Å²) in [5, 5.41) is 3.38. The van der Waals surface area contributed by atoms with Crippen LogP contribution < -0.4 is 5.32 Å². The molecule has 1 amide bonds.